The molecule has 1 heterocycles. The second-order valence-electron chi connectivity index (χ2n) is 5.54. The van der Waals surface area contributed by atoms with E-state index < -0.39 is 16.1 Å². The number of nitrogens with zero attached hydrogens (tertiary/aromatic N) is 1. The fraction of sp³-hybridized carbons (Fsp3) is 0.900. The average molecular weight is 247 g/mol. The third kappa shape index (κ3) is 3.18. The van der Waals surface area contributed by atoms with Crippen molar-refractivity contribution in [3.8, 4) is 0 Å². The van der Waals surface area contributed by atoms with Crippen LogP contribution < -0.4 is 5.73 Å². The Kier molecular flexibility index (Phi) is 3.64. The molecule has 1 fully saturated rings. The van der Waals surface area contributed by atoms with E-state index in [9.17, 15) is 8.42 Å². The van der Waals surface area contributed by atoms with Crippen molar-refractivity contribution in [2.75, 3.05) is 12.3 Å². The number of nitrogens with one attached hydrogen (secondary N) is 1. The minimum absolute atomic E-state index is 0.0463. The molecule has 0 bridgehead atoms. The highest BCUT2D eigenvalue weighted by atomic mass is 32.2. The molecule has 1 aliphatic rings. The molecule has 5 nitrogen and oxygen atoms in total. The number of nitrogens with two attached hydrogens (primary N) is 1. The van der Waals surface area contributed by atoms with Crippen LogP contribution in [0.2, 0.25) is 0 Å². The van der Waals surface area contributed by atoms with Gasteiger partial charge in [-0.25, -0.2) is 8.42 Å². The van der Waals surface area contributed by atoms with Gasteiger partial charge in [0.15, 0.2) is 0 Å². The van der Waals surface area contributed by atoms with Crippen LogP contribution in [0.4, 0.5) is 0 Å². The van der Waals surface area contributed by atoms with Crippen molar-refractivity contribution in [3.63, 3.8) is 0 Å². The normalized spacial score (nSPS) is 23.6. The van der Waals surface area contributed by atoms with Crippen molar-refractivity contribution < 1.29 is 8.42 Å². The van der Waals surface area contributed by atoms with Crippen LogP contribution >= 0.6 is 0 Å². The van der Waals surface area contributed by atoms with E-state index in [1.165, 1.54) is 4.31 Å². The predicted octanol–water partition coefficient (Wildman–Crippen LogP) is 0.763. The number of hydrogen-bond donors (Lipinski definition) is 2. The third-order valence-electron chi connectivity index (χ3n) is 2.54. The highest BCUT2D eigenvalue weighted by Crippen LogP contribution is 2.25. The lowest BCUT2D eigenvalue weighted by atomic mass is 10.0. The molecule has 0 radical (unpaired) electrons. The Bertz CT molecular complexity index is 370. The Balaban J connectivity index is 2.87. The van der Waals surface area contributed by atoms with Crippen LogP contribution in [0.25, 0.3) is 0 Å². The number of rotatable bonds is 3. The Morgan fingerprint density at radius 1 is 1.50 bits per heavy atom. The minimum Gasteiger partial charge on any atom is -0.386 e. The zero-order valence-corrected chi connectivity index (χ0v) is 11.0. The maximum atomic E-state index is 12.1. The van der Waals surface area contributed by atoms with Crippen molar-refractivity contribution in [1.29, 1.82) is 5.41 Å². The van der Waals surface area contributed by atoms with E-state index in [1.807, 2.05) is 20.8 Å². The van der Waals surface area contributed by atoms with Crippen LogP contribution in [0, 0.1) is 10.8 Å². The van der Waals surface area contributed by atoms with Crippen LogP contribution in [0.5, 0.6) is 0 Å². The summed E-state index contributed by atoms with van der Waals surface area (Å²) in [6.45, 7) is 6.17. The van der Waals surface area contributed by atoms with Crippen molar-refractivity contribution in [1.82, 2.24) is 4.31 Å². The van der Waals surface area contributed by atoms with Gasteiger partial charge in [-0.3, -0.25) is 5.41 Å². The van der Waals surface area contributed by atoms with Crippen molar-refractivity contribution in [2.24, 2.45) is 11.1 Å². The fourth-order valence-corrected chi connectivity index (χ4v) is 4.29. The topological polar surface area (TPSA) is 87.2 Å². The van der Waals surface area contributed by atoms with Crippen molar-refractivity contribution in [2.45, 2.75) is 39.7 Å². The predicted molar refractivity (Wildman–Crippen MR) is 64.9 cm³/mol. The van der Waals surface area contributed by atoms with Gasteiger partial charge in [0.25, 0.3) is 0 Å². The molecule has 1 unspecified atom stereocenters. The lowest BCUT2D eigenvalue weighted by Gasteiger charge is -2.27. The molecule has 1 atom stereocenters. The molecule has 0 amide bonds. The minimum atomic E-state index is -3.30. The molecule has 0 aromatic heterocycles. The van der Waals surface area contributed by atoms with E-state index in [0.717, 1.165) is 6.42 Å². The smallest absolute Gasteiger partial charge is 0.215 e. The van der Waals surface area contributed by atoms with Gasteiger partial charge in [0.1, 0.15) is 5.84 Å². The Labute approximate surface area is 97.6 Å². The standard InChI is InChI=1S/C10H21N3O2S/c1-10(2,3)7-16(14,15)13-6-4-5-8(13)9(11)12/h8H,4-7H2,1-3H3,(H3,11,12). The maximum absolute atomic E-state index is 12.1. The highest BCUT2D eigenvalue weighted by molar-refractivity contribution is 7.89. The van der Waals surface area contributed by atoms with Gasteiger partial charge in [0.2, 0.25) is 10.0 Å². The van der Waals surface area contributed by atoms with Crippen LogP contribution in [-0.4, -0.2) is 36.9 Å². The lowest BCUT2D eigenvalue weighted by molar-refractivity contribution is 0.407. The van der Waals surface area contributed by atoms with Crippen LogP contribution in [0.15, 0.2) is 0 Å². The van der Waals surface area contributed by atoms with E-state index >= 15 is 0 Å². The molecule has 0 aliphatic carbocycles. The molecule has 3 N–H and O–H groups in total. The average Bonchev–Trinajstić information content (AvgIpc) is 2.45. The summed E-state index contributed by atoms with van der Waals surface area (Å²) in [7, 11) is -3.30. The van der Waals surface area contributed by atoms with Gasteiger partial charge in [0.05, 0.1) is 11.8 Å². The van der Waals surface area contributed by atoms with Crippen molar-refractivity contribution >= 4 is 15.9 Å². The summed E-state index contributed by atoms with van der Waals surface area (Å²) in [5.41, 5.74) is 5.15. The Morgan fingerprint density at radius 2 is 2.06 bits per heavy atom. The molecule has 0 spiro atoms. The van der Waals surface area contributed by atoms with E-state index in [-0.39, 0.29) is 17.0 Å². The zero-order valence-electron chi connectivity index (χ0n) is 10.2. The summed E-state index contributed by atoms with van der Waals surface area (Å²) in [5, 5.41) is 7.40. The van der Waals surface area contributed by atoms with Gasteiger partial charge in [-0.15, -0.1) is 0 Å². The first-order valence-electron chi connectivity index (χ1n) is 5.47. The second kappa shape index (κ2) is 4.33. The lowest BCUT2D eigenvalue weighted by Crippen LogP contribution is -2.45. The number of amidine groups is 1. The summed E-state index contributed by atoms with van der Waals surface area (Å²) in [6, 6.07) is -0.424. The molecular weight excluding hydrogens is 226 g/mol. The van der Waals surface area contributed by atoms with E-state index in [0.29, 0.717) is 13.0 Å². The quantitative estimate of drug-likeness (QED) is 0.570. The summed E-state index contributed by atoms with van der Waals surface area (Å²) in [4.78, 5) is 0. The Hall–Kier alpha value is -0.620. The SMILES string of the molecule is CC(C)(C)CS(=O)(=O)N1CCCC1C(=N)N. The molecule has 6 heteroatoms. The molecule has 1 rings (SSSR count). The van der Waals surface area contributed by atoms with Crippen molar-refractivity contribution in [3.05, 3.63) is 0 Å². The molecule has 1 saturated heterocycles. The molecule has 0 aromatic carbocycles. The molecule has 1 aliphatic heterocycles. The summed E-state index contributed by atoms with van der Waals surface area (Å²) >= 11 is 0. The van der Waals surface area contributed by atoms with Crippen LogP contribution in [0.3, 0.4) is 0 Å². The van der Waals surface area contributed by atoms with Gasteiger partial charge in [0, 0.05) is 6.54 Å². The molecular formula is C10H21N3O2S. The molecule has 0 aromatic rings. The summed E-state index contributed by atoms with van der Waals surface area (Å²) in [6.07, 6.45) is 1.45. The molecule has 0 saturated carbocycles. The third-order valence-corrected chi connectivity index (χ3v) is 4.92. The zero-order chi connectivity index (χ0) is 12.6. The molecule has 16 heavy (non-hydrogen) atoms. The first-order chi connectivity index (χ1) is 7.13. The first-order valence-corrected chi connectivity index (χ1v) is 7.08. The fourth-order valence-electron chi connectivity index (χ4n) is 2.01. The van der Waals surface area contributed by atoms with Gasteiger partial charge in [-0.05, 0) is 18.3 Å². The van der Waals surface area contributed by atoms with E-state index in [1.54, 1.807) is 0 Å². The van der Waals surface area contributed by atoms with E-state index in [4.69, 9.17) is 11.1 Å². The molecule has 94 valence electrons. The number of hydrogen-bond acceptors (Lipinski definition) is 3. The second-order valence-corrected chi connectivity index (χ2v) is 7.46. The Morgan fingerprint density at radius 3 is 2.50 bits per heavy atom. The summed E-state index contributed by atoms with van der Waals surface area (Å²) in [5.74, 6) is 0.0547. The monoisotopic (exact) mass is 247 g/mol. The van der Waals surface area contributed by atoms with Crippen LogP contribution in [0.1, 0.15) is 33.6 Å². The highest BCUT2D eigenvalue weighted by Gasteiger charge is 2.37. The first kappa shape index (κ1) is 13.4. The van der Waals surface area contributed by atoms with Gasteiger partial charge >= 0.3 is 0 Å². The number of sulfonamides is 1. The summed E-state index contributed by atoms with van der Waals surface area (Å²) < 4.78 is 25.7. The maximum Gasteiger partial charge on any atom is 0.215 e. The largest absolute Gasteiger partial charge is 0.386 e. The van der Waals surface area contributed by atoms with Gasteiger partial charge in [-0.2, -0.15) is 4.31 Å². The van der Waals surface area contributed by atoms with Crippen LogP contribution in [-0.2, 0) is 10.0 Å². The van der Waals surface area contributed by atoms with E-state index in [2.05, 4.69) is 0 Å². The van der Waals surface area contributed by atoms with Gasteiger partial charge in [-0.1, -0.05) is 20.8 Å². The van der Waals surface area contributed by atoms with Gasteiger partial charge < -0.3 is 5.73 Å².